The second-order valence-electron chi connectivity index (χ2n) is 6.26. The van der Waals surface area contributed by atoms with E-state index in [1.807, 2.05) is 48.5 Å². The molecule has 0 radical (unpaired) electrons. The minimum absolute atomic E-state index is 0.171. The Morgan fingerprint density at radius 3 is 2.13 bits per heavy atom. The van der Waals surface area contributed by atoms with Crippen molar-refractivity contribution >= 4 is 28.9 Å². The Bertz CT molecular complexity index is 1150. The highest BCUT2D eigenvalue weighted by Crippen LogP contribution is 2.31. The van der Waals surface area contributed by atoms with E-state index in [2.05, 4.69) is 15.7 Å². The van der Waals surface area contributed by atoms with Crippen LogP contribution in [0.1, 0.15) is 10.6 Å². The Morgan fingerprint density at radius 1 is 0.900 bits per heavy atom. The summed E-state index contributed by atoms with van der Waals surface area (Å²) in [5, 5.41) is 10.8. The first kappa shape index (κ1) is 19.1. The van der Waals surface area contributed by atoms with E-state index in [9.17, 15) is 4.79 Å². The summed E-state index contributed by atoms with van der Waals surface area (Å²) >= 11 is 0. The number of para-hydroxylation sites is 4. The van der Waals surface area contributed by atoms with Crippen molar-refractivity contribution in [1.82, 2.24) is 9.78 Å². The van der Waals surface area contributed by atoms with Gasteiger partial charge in [-0.1, -0.05) is 24.3 Å². The molecule has 0 unspecified atom stereocenters. The summed E-state index contributed by atoms with van der Waals surface area (Å²) in [6, 6.07) is 19.8. The van der Waals surface area contributed by atoms with Crippen LogP contribution in [0.2, 0.25) is 0 Å². The maximum Gasteiger partial charge on any atom is 0.315 e. The molecule has 0 bridgehead atoms. The minimum Gasteiger partial charge on any atom is -0.495 e. The molecule has 0 saturated carbocycles. The van der Waals surface area contributed by atoms with Crippen LogP contribution < -0.4 is 20.1 Å². The van der Waals surface area contributed by atoms with Gasteiger partial charge in [0.2, 0.25) is 0 Å². The summed E-state index contributed by atoms with van der Waals surface area (Å²) in [4.78, 5) is 12.9. The molecular formula is C22H20N4O4. The number of hydrogen-bond donors (Lipinski definition) is 2. The molecule has 0 amide bonds. The van der Waals surface area contributed by atoms with Gasteiger partial charge in [-0.15, -0.1) is 5.10 Å². The number of methoxy groups -OCH3 is 2. The van der Waals surface area contributed by atoms with Gasteiger partial charge in [-0.2, -0.15) is 4.68 Å². The zero-order valence-electron chi connectivity index (χ0n) is 16.5. The number of furan rings is 1. The summed E-state index contributed by atoms with van der Waals surface area (Å²) < 4.78 is 17.3. The van der Waals surface area contributed by atoms with Crippen LogP contribution in [-0.2, 0) is 0 Å². The average Bonchev–Trinajstić information content (AvgIpc) is 3.44. The van der Waals surface area contributed by atoms with E-state index >= 15 is 0 Å². The summed E-state index contributed by atoms with van der Waals surface area (Å²) in [6.45, 7) is 0. The Morgan fingerprint density at radius 2 is 1.53 bits per heavy atom. The normalized spacial score (nSPS) is 10.5. The summed E-state index contributed by atoms with van der Waals surface area (Å²) in [7, 11) is 3.18. The van der Waals surface area contributed by atoms with Crippen molar-refractivity contribution in [1.29, 1.82) is 0 Å². The van der Waals surface area contributed by atoms with Gasteiger partial charge in [0.1, 0.15) is 17.3 Å². The van der Waals surface area contributed by atoms with E-state index < -0.39 is 5.91 Å². The molecule has 0 aliphatic heterocycles. The molecule has 2 aromatic heterocycles. The van der Waals surface area contributed by atoms with Crippen LogP contribution in [0.15, 0.2) is 77.4 Å². The topological polar surface area (TPSA) is 90.5 Å². The molecule has 2 N–H and O–H groups in total. The molecule has 30 heavy (non-hydrogen) atoms. The first-order valence-electron chi connectivity index (χ1n) is 9.18. The first-order valence-corrected chi connectivity index (χ1v) is 9.18. The van der Waals surface area contributed by atoms with E-state index in [1.165, 1.54) is 10.9 Å². The number of anilines is 4. The van der Waals surface area contributed by atoms with E-state index in [0.29, 0.717) is 28.8 Å². The third-order valence-corrected chi connectivity index (χ3v) is 4.37. The Hall–Kier alpha value is -4.20. The number of carbonyl (C=O) groups excluding carboxylic acids is 1. The van der Waals surface area contributed by atoms with Crippen molar-refractivity contribution in [3.63, 3.8) is 0 Å². The Balaban J connectivity index is 1.72. The number of rotatable bonds is 7. The molecule has 0 atom stereocenters. The maximum absolute atomic E-state index is 12.9. The lowest BCUT2D eigenvalue weighted by Gasteiger charge is -2.11. The predicted octanol–water partition coefficient (Wildman–Crippen LogP) is 4.67. The van der Waals surface area contributed by atoms with Gasteiger partial charge in [0.05, 0.1) is 31.9 Å². The van der Waals surface area contributed by atoms with Crippen LogP contribution in [0.4, 0.5) is 23.0 Å². The van der Waals surface area contributed by atoms with E-state index in [4.69, 9.17) is 13.9 Å². The lowest BCUT2D eigenvalue weighted by molar-refractivity contribution is 0.0920. The summed E-state index contributed by atoms with van der Waals surface area (Å²) in [5.74, 6) is 1.95. The number of nitrogens with one attached hydrogen (secondary N) is 2. The molecule has 0 spiro atoms. The third-order valence-electron chi connectivity index (χ3n) is 4.37. The van der Waals surface area contributed by atoms with Crippen molar-refractivity contribution < 1.29 is 18.7 Å². The Kier molecular flexibility index (Phi) is 5.38. The SMILES string of the molecule is COc1ccccc1Nc1cc(Nc2ccccc2OC)n(C(=O)c2ccco2)n1. The highest BCUT2D eigenvalue weighted by molar-refractivity contribution is 5.95. The third kappa shape index (κ3) is 3.83. The van der Waals surface area contributed by atoms with Gasteiger partial charge in [-0.05, 0) is 36.4 Å². The van der Waals surface area contributed by atoms with Gasteiger partial charge in [-0.25, -0.2) is 0 Å². The van der Waals surface area contributed by atoms with Crippen molar-refractivity contribution in [2.24, 2.45) is 0 Å². The molecule has 8 heteroatoms. The van der Waals surface area contributed by atoms with E-state index in [1.54, 1.807) is 32.4 Å². The molecule has 0 saturated heterocycles. The smallest absolute Gasteiger partial charge is 0.315 e. The quantitative estimate of drug-likeness (QED) is 0.463. The van der Waals surface area contributed by atoms with E-state index in [0.717, 1.165) is 5.69 Å². The van der Waals surface area contributed by atoms with Crippen LogP contribution in [-0.4, -0.2) is 29.9 Å². The fraction of sp³-hybridized carbons (Fsp3) is 0.0909. The molecule has 0 fully saturated rings. The van der Waals surface area contributed by atoms with Crippen LogP contribution in [0.25, 0.3) is 0 Å². The second-order valence-corrected chi connectivity index (χ2v) is 6.26. The average molecular weight is 404 g/mol. The van der Waals surface area contributed by atoms with Crippen molar-refractivity contribution in [2.45, 2.75) is 0 Å². The van der Waals surface area contributed by atoms with Gasteiger partial charge < -0.3 is 24.5 Å². The molecule has 152 valence electrons. The largest absolute Gasteiger partial charge is 0.495 e. The van der Waals surface area contributed by atoms with Gasteiger partial charge >= 0.3 is 5.91 Å². The number of ether oxygens (including phenoxy) is 2. The lowest BCUT2D eigenvalue weighted by Crippen LogP contribution is -2.15. The van der Waals surface area contributed by atoms with E-state index in [-0.39, 0.29) is 5.76 Å². The number of benzene rings is 2. The van der Waals surface area contributed by atoms with Gasteiger partial charge in [0, 0.05) is 6.07 Å². The predicted molar refractivity (Wildman–Crippen MR) is 113 cm³/mol. The van der Waals surface area contributed by atoms with Gasteiger partial charge in [-0.3, -0.25) is 4.79 Å². The highest BCUT2D eigenvalue weighted by atomic mass is 16.5. The highest BCUT2D eigenvalue weighted by Gasteiger charge is 2.20. The number of nitrogens with zero attached hydrogens (tertiary/aromatic N) is 2. The maximum atomic E-state index is 12.9. The molecule has 4 rings (SSSR count). The minimum atomic E-state index is -0.412. The molecular weight excluding hydrogens is 384 g/mol. The molecule has 8 nitrogen and oxygen atoms in total. The summed E-state index contributed by atoms with van der Waals surface area (Å²) in [6.07, 6.45) is 1.44. The molecule has 4 aromatic rings. The molecule has 0 aliphatic carbocycles. The Labute approximate surface area is 173 Å². The monoisotopic (exact) mass is 404 g/mol. The van der Waals surface area contributed by atoms with Gasteiger partial charge in [0.25, 0.3) is 0 Å². The van der Waals surface area contributed by atoms with Gasteiger partial charge in [0.15, 0.2) is 11.6 Å². The van der Waals surface area contributed by atoms with Crippen LogP contribution >= 0.6 is 0 Å². The second kappa shape index (κ2) is 8.44. The zero-order chi connectivity index (χ0) is 20.9. The van der Waals surface area contributed by atoms with Crippen LogP contribution in [0, 0.1) is 0 Å². The molecule has 2 heterocycles. The standard InChI is InChI=1S/C22H20N4O4/c1-28-17-10-5-3-8-15(17)23-20-14-21(24-16-9-4-6-11-18(16)29-2)26(25-20)22(27)19-12-7-13-30-19/h3-14,24H,1-2H3,(H,23,25). The van der Waals surface area contributed by atoms with Crippen molar-refractivity contribution in [3.8, 4) is 11.5 Å². The fourth-order valence-electron chi connectivity index (χ4n) is 2.96. The van der Waals surface area contributed by atoms with Crippen molar-refractivity contribution in [3.05, 3.63) is 78.8 Å². The fourth-order valence-corrected chi connectivity index (χ4v) is 2.96. The first-order chi connectivity index (χ1) is 14.7. The molecule has 0 aliphatic rings. The number of aromatic nitrogens is 2. The number of carbonyl (C=O) groups is 1. The molecule has 2 aromatic carbocycles. The zero-order valence-corrected chi connectivity index (χ0v) is 16.5. The van der Waals surface area contributed by atoms with Crippen molar-refractivity contribution in [2.75, 3.05) is 24.9 Å². The lowest BCUT2D eigenvalue weighted by atomic mass is 10.3. The van der Waals surface area contributed by atoms with Crippen LogP contribution in [0.3, 0.4) is 0 Å². The summed E-state index contributed by atoms with van der Waals surface area (Å²) in [5.41, 5.74) is 1.41. The number of hydrogen-bond acceptors (Lipinski definition) is 7. The van der Waals surface area contributed by atoms with Crippen LogP contribution in [0.5, 0.6) is 11.5 Å².